The summed E-state index contributed by atoms with van der Waals surface area (Å²) in [5.74, 6) is 0.625. The van der Waals surface area contributed by atoms with Crippen LogP contribution >= 0.6 is 11.3 Å². The van der Waals surface area contributed by atoms with Crippen molar-refractivity contribution in [2.75, 3.05) is 0 Å². The number of rotatable bonds is 4. The minimum atomic E-state index is 0.625. The number of aromatic nitrogens is 3. The second kappa shape index (κ2) is 11.4. The van der Waals surface area contributed by atoms with Crippen molar-refractivity contribution in [1.82, 2.24) is 15.0 Å². The first-order valence-corrected chi connectivity index (χ1v) is 18.2. The third-order valence-corrected chi connectivity index (χ3v) is 11.2. The summed E-state index contributed by atoms with van der Waals surface area (Å²) in [6, 6.07) is 57.0. The smallest absolute Gasteiger partial charge is 0.162 e. The molecule has 11 aromatic rings. The fourth-order valence-electron chi connectivity index (χ4n) is 7.78. The van der Waals surface area contributed by atoms with E-state index in [2.05, 4.69) is 133 Å². The van der Waals surface area contributed by atoms with Crippen molar-refractivity contribution >= 4 is 75.1 Å². The molecule has 4 heterocycles. The summed E-state index contributed by atoms with van der Waals surface area (Å²) in [5, 5.41) is 8.04. The van der Waals surface area contributed by atoms with E-state index in [1.54, 1.807) is 0 Å². The first kappa shape index (κ1) is 29.1. The summed E-state index contributed by atoms with van der Waals surface area (Å²) >= 11 is 1.84. The standard InChI is InChI=1S/C47H27N3OS/c1-3-13-28(14-4-1)36-27-37(30-19-12-23-39-42(30)31-17-7-9-22-38(31)51-39)49-47(48-36)35-21-11-20-33-43-34(45(50-46(33)35)29-15-5-2-6-16-29)25-26-41-44(43)32-18-8-10-24-40(32)52-41/h1-27H. The Labute approximate surface area is 302 Å². The Morgan fingerprint density at radius 2 is 1.08 bits per heavy atom. The highest BCUT2D eigenvalue weighted by Gasteiger charge is 2.21. The van der Waals surface area contributed by atoms with Gasteiger partial charge in [-0.15, -0.1) is 11.3 Å². The number of nitrogens with zero attached hydrogens (tertiary/aromatic N) is 3. The molecule has 0 N–H and O–H groups in total. The highest BCUT2D eigenvalue weighted by Crippen LogP contribution is 2.45. The number of thiophene rings is 1. The lowest BCUT2D eigenvalue weighted by Crippen LogP contribution is -1.98. The summed E-state index contributed by atoms with van der Waals surface area (Å²) in [5.41, 5.74) is 9.15. The van der Waals surface area contributed by atoms with Gasteiger partial charge in [0.2, 0.25) is 0 Å². The molecule has 0 aliphatic rings. The van der Waals surface area contributed by atoms with Crippen LogP contribution in [0.2, 0.25) is 0 Å². The van der Waals surface area contributed by atoms with Gasteiger partial charge < -0.3 is 4.42 Å². The minimum Gasteiger partial charge on any atom is -0.456 e. The molecule has 0 aliphatic heterocycles. The van der Waals surface area contributed by atoms with Crippen LogP contribution in [-0.2, 0) is 0 Å². The van der Waals surface area contributed by atoms with E-state index >= 15 is 0 Å². The molecule has 5 heteroatoms. The van der Waals surface area contributed by atoms with Crippen molar-refractivity contribution in [2.45, 2.75) is 0 Å². The summed E-state index contributed by atoms with van der Waals surface area (Å²) in [7, 11) is 0. The summed E-state index contributed by atoms with van der Waals surface area (Å²) in [6.45, 7) is 0. The number of furan rings is 1. The van der Waals surface area contributed by atoms with Gasteiger partial charge in [-0.2, -0.15) is 0 Å². The monoisotopic (exact) mass is 681 g/mol. The van der Waals surface area contributed by atoms with Crippen LogP contribution in [0.1, 0.15) is 0 Å². The van der Waals surface area contributed by atoms with E-state index in [1.165, 1.54) is 25.6 Å². The molecule has 7 aromatic carbocycles. The molecule has 0 radical (unpaired) electrons. The van der Waals surface area contributed by atoms with Gasteiger partial charge in [-0.05, 0) is 36.4 Å². The molecular weight excluding hydrogens is 655 g/mol. The van der Waals surface area contributed by atoms with E-state index in [1.807, 2.05) is 41.7 Å². The molecule has 0 amide bonds. The normalized spacial score (nSPS) is 11.8. The van der Waals surface area contributed by atoms with Gasteiger partial charge in [-0.1, -0.05) is 127 Å². The van der Waals surface area contributed by atoms with Gasteiger partial charge in [0.25, 0.3) is 0 Å². The van der Waals surface area contributed by atoms with Gasteiger partial charge in [0.15, 0.2) is 5.82 Å². The Hall–Kier alpha value is -6.69. The van der Waals surface area contributed by atoms with Crippen LogP contribution in [0.3, 0.4) is 0 Å². The molecule has 0 fully saturated rings. The molecule has 242 valence electrons. The summed E-state index contributed by atoms with van der Waals surface area (Å²) in [4.78, 5) is 16.2. The van der Waals surface area contributed by atoms with Crippen molar-refractivity contribution in [3.05, 3.63) is 164 Å². The second-order valence-corrected chi connectivity index (χ2v) is 14.2. The van der Waals surface area contributed by atoms with Gasteiger partial charge >= 0.3 is 0 Å². The molecular formula is C47H27N3OS. The lowest BCUT2D eigenvalue weighted by molar-refractivity contribution is 0.669. The minimum absolute atomic E-state index is 0.625. The van der Waals surface area contributed by atoms with E-state index in [9.17, 15) is 0 Å². The van der Waals surface area contributed by atoms with Crippen molar-refractivity contribution in [3.8, 4) is 45.2 Å². The fraction of sp³-hybridized carbons (Fsp3) is 0. The molecule has 0 aliphatic carbocycles. The Morgan fingerprint density at radius 1 is 0.404 bits per heavy atom. The molecule has 4 nitrogen and oxygen atoms in total. The molecule has 0 saturated carbocycles. The lowest BCUT2D eigenvalue weighted by Gasteiger charge is -2.15. The molecule has 0 spiro atoms. The molecule has 0 unspecified atom stereocenters. The van der Waals surface area contributed by atoms with Gasteiger partial charge in [-0.25, -0.2) is 15.0 Å². The summed E-state index contributed by atoms with van der Waals surface area (Å²) < 4.78 is 8.84. The highest BCUT2D eigenvalue weighted by molar-refractivity contribution is 7.26. The average molecular weight is 682 g/mol. The number of pyridine rings is 1. The number of hydrogen-bond acceptors (Lipinski definition) is 5. The van der Waals surface area contributed by atoms with Crippen molar-refractivity contribution in [1.29, 1.82) is 0 Å². The third-order valence-electron chi connectivity index (χ3n) is 10.1. The zero-order valence-corrected chi connectivity index (χ0v) is 28.6. The van der Waals surface area contributed by atoms with Crippen molar-refractivity contribution in [2.24, 2.45) is 0 Å². The quantitative estimate of drug-likeness (QED) is 0.174. The zero-order valence-electron chi connectivity index (χ0n) is 27.7. The Kier molecular flexibility index (Phi) is 6.39. The highest BCUT2D eigenvalue weighted by atomic mass is 32.1. The molecule has 52 heavy (non-hydrogen) atoms. The Morgan fingerprint density at radius 3 is 1.94 bits per heavy atom. The third kappa shape index (κ3) is 4.43. The van der Waals surface area contributed by atoms with Crippen LogP contribution in [-0.4, -0.2) is 15.0 Å². The number of para-hydroxylation sites is 2. The predicted molar refractivity (Wildman–Crippen MR) is 217 cm³/mol. The first-order chi connectivity index (χ1) is 25.8. The predicted octanol–water partition coefficient (Wildman–Crippen LogP) is 13.1. The van der Waals surface area contributed by atoms with Gasteiger partial charge in [0, 0.05) is 69.4 Å². The van der Waals surface area contributed by atoms with Gasteiger partial charge in [-0.3, -0.25) is 0 Å². The fourth-order valence-corrected chi connectivity index (χ4v) is 8.89. The molecule has 0 bridgehead atoms. The van der Waals surface area contributed by atoms with Crippen LogP contribution in [0.5, 0.6) is 0 Å². The average Bonchev–Trinajstić information content (AvgIpc) is 3.79. The maximum Gasteiger partial charge on any atom is 0.162 e. The topological polar surface area (TPSA) is 51.8 Å². The lowest BCUT2D eigenvalue weighted by atomic mass is 9.94. The van der Waals surface area contributed by atoms with Gasteiger partial charge in [0.1, 0.15) is 11.2 Å². The number of benzene rings is 7. The van der Waals surface area contributed by atoms with E-state index in [0.29, 0.717) is 5.82 Å². The van der Waals surface area contributed by atoms with Crippen LogP contribution in [0.15, 0.2) is 168 Å². The molecule has 0 saturated heterocycles. The van der Waals surface area contributed by atoms with E-state index in [0.717, 1.165) is 77.6 Å². The maximum atomic E-state index is 6.30. The van der Waals surface area contributed by atoms with Crippen LogP contribution in [0.4, 0.5) is 0 Å². The first-order valence-electron chi connectivity index (χ1n) is 17.4. The van der Waals surface area contributed by atoms with Crippen molar-refractivity contribution in [3.63, 3.8) is 0 Å². The van der Waals surface area contributed by atoms with E-state index in [-0.39, 0.29) is 0 Å². The SMILES string of the molecule is c1ccc(-c2cc(-c3cccc4oc5ccccc5c34)nc(-c3cccc4c3nc(-c3ccccc3)c3ccc5sc6ccccc6c5c34)n2)cc1. The van der Waals surface area contributed by atoms with E-state index in [4.69, 9.17) is 19.4 Å². The van der Waals surface area contributed by atoms with Crippen LogP contribution < -0.4 is 0 Å². The van der Waals surface area contributed by atoms with Crippen LogP contribution in [0.25, 0.3) is 109 Å². The van der Waals surface area contributed by atoms with Crippen molar-refractivity contribution < 1.29 is 4.42 Å². The zero-order chi connectivity index (χ0) is 34.2. The Bertz CT molecular complexity index is 3180. The summed E-state index contributed by atoms with van der Waals surface area (Å²) in [6.07, 6.45) is 0. The largest absolute Gasteiger partial charge is 0.456 e. The second-order valence-electron chi connectivity index (χ2n) is 13.1. The van der Waals surface area contributed by atoms with Crippen LogP contribution in [0, 0.1) is 0 Å². The van der Waals surface area contributed by atoms with Gasteiger partial charge in [0.05, 0.1) is 22.6 Å². The molecule has 11 rings (SSSR count). The van der Waals surface area contributed by atoms with E-state index < -0.39 is 0 Å². The maximum absolute atomic E-state index is 6.30. The molecule has 0 atom stereocenters. The number of hydrogen-bond donors (Lipinski definition) is 0. The number of fused-ring (bicyclic) bond motifs is 10. The molecule has 4 aromatic heterocycles. The Balaban J connectivity index is 1.26.